The van der Waals surface area contributed by atoms with Gasteiger partial charge >= 0.3 is 0 Å². The topological polar surface area (TPSA) is 58.8 Å². The minimum Gasteiger partial charge on any atom is -0.486 e. The highest BCUT2D eigenvalue weighted by molar-refractivity contribution is 5.91. The average molecular weight is 395 g/mol. The van der Waals surface area contributed by atoms with Crippen LogP contribution < -0.4 is 4.74 Å². The van der Waals surface area contributed by atoms with Crippen LogP contribution in [-0.4, -0.2) is 46.9 Å². The molecule has 1 aliphatic rings. The Labute approximate surface area is 168 Å². The molecule has 4 rings (SSSR count). The predicted molar refractivity (Wildman–Crippen MR) is 105 cm³/mol. The van der Waals surface area contributed by atoms with Crippen molar-refractivity contribution in [2.24, 2.45) is 0 Å². The van der Waals surface area contributed by atoms with E-state index in [1.54, 1.807) is 36.7 Å². The summed E-state index contributed by atoms with van der Waals surface area (Å²) in [6.07, 6.45) is 3.59. The maximum Gasteiger partial charge on any atom is 0.289 e. The van der Waals surface area contributed by atoms with Crippen molar-refractivity contribution >= 4 is 5.91 Å². The van der Waals surface area contributed by atoms with Crippen LogP contribution in [0.5, 0.6) is 5.75 Å². The maximum atomic E-state index is 12.9. The van der Waals surface area contributed by atoms with Crippen molar-refractivity contribution in [1.82, 2.24) is 14.8 Å². The second-order valence-electron chi connectivity index (χ2n) is 6.93. The molecule has 0 radical (unpaired) electrons. The number of carbonyl (C=O) groups excluding carboxylic acids is 1. The van der Waals surface area contributed by atoms with Crippen molar-refractivity contribution in [1.29, 1.82) is 0 Å². The molecule has 0 atom stereocenters. The van der Waals surface area contributed by atoms with E-state index in [9.17, 15) is 9.18 Å². The lowest BCUT2D eigenvalue weighted by atomic mass is 10.2. The fourth-order valence-corrected chi connectivity index (χ4v) is 3.27. The van der Waals surface area contributed by atoms with Crippen LogP contribution in [0.2, 0.25) is 0 Å². The third kappa shape index (κ3) is 5.00. The number of benzene rings is 1. The van der Waals surface area contributed by atoms with Crippen LogP contribution in [0.3, 0.4) is 0 Å². The number of nitrogens with zero attached hydrogens (tertiary/aromatic N) is 3. The number of hydrogen-bond donors (Lipinski definition) is 0. The first kappa shape index (κ1) is 19.1. The van der Waals surface area contributed by atoms with E-state index in [0.29, 0.717) is 30.4 Å². The van der Waals surface area contributed by atoms with E-state index in [-0.39, 0.29) is 18.3 Å². The zero-order valence-electron chi connectivity index (χ0n) is 16.0. The van der Waals surface area contributed by atoms with Gasteiger partial charge in [0, 0.05) is 45.1 Å². The molecular weight excluding hydrogens is 373 g/mol. The molecule has 1 saturated heterocycles. The highest BCUT2D eigenvalue weighted by Crippen LogP contribution is 2.17. The van der Waals surface area contributed by atoms with Crippen LogP contribution in [0, 0.1) is 5.82 Å². The minimum absolute atomic E-state index is 0.110. The smallest absolute Gasteiger partial charge is 0.289 e. The Morgan fingerprint density at radius 2 is 1.72 bits per heavy atom. The number of rotatable bonds is 6. The Morgan fingerprint density at radius 1 is 1.00 bits per heavy atom. The molecule has 1 aliphatic heterocycles. The Balaban J connectivity index is 1.27. The van der Waals surface area contributed by atoms with Crippen LogP contribution in [0.15, 0.2) is 65.3 Å². The van der Waals surface area contributed by atoms with E-state index in [0.717, 1.165) is 19.6 Å². The number of aromatic nitrogens is 1. The SMILES string of the molecule is O=C(c1ccc(COc2ccc(F)cc2)o1)N1CCN(Cc2ccncc2)CC1. The van der Waals surface area contributed by atoms with Crippen LogP contribution in [0.25, 0.3) is 0 Å². The molecule has 1 fully saturated rings. The lowest BCUT2D eigenvalue weighted by molar-refractivity contribution is 0.0594. The summed E-state index contributed by atoms with van der Waals surface area (Å²) < 4.78 is 24.1. The summed E-state index contributed by atoms with van der Waals surface area (Å²) in [6.45, 7) is 3.98. The van der Waals surface area contributed by atoms with Crippen molar-refractivity contribution in [2.75, 3.05) is 26.2 Å². The number of furan rings is 1. The second kappa shape index (κ2) is 8.87. The van der Waals surface area contributed by atoms with Gasteiger partial charge in [-0.05, 0) is 54.1 Å². The Morgan fingerprint density at radius 3 is 2.45 bits per heavy atom. The molecule has 7 heteroatoms. The van der Waals surface area contributed by atoms with Gasteiger partial charge < -0.3 is 14.1 Å². The first-order chi connectivity index (χ1) is 14.2. The van der Waals surface area contributed by atoms with Crippen molar-refractivity contribution in [3.8, 4) is 5.75 Å². The predicted octanol–water partition coefficient (Wildman–Crippen LogP) is 3.35. The van der Waals surface area contributed by atoms with Gasteiger partial charge in [-0.2, -0.15) is 0 Å². The average Bonchev–Trinajstić information content (AvgIpc) is 3.23. The molecule has 3 heterocycles. The lowest BCUT2D eigenvalue weighted by Crippen LogP contribution is -2.48. The summed E-state index contributed by atoms with van der Waals surface area (Å²) in [7, 11) is 0. The number of piperazine rings is 1. The summed E-state index contributed by atoms with van der Waals surface area (Å²) in [5, 5.41) is 0. The summed E-state index contributed by atoms with van der Waals surface area (Å²) >= 11 is 0. The molecule has 6 nitrogen and oxygen atoms in total. The van der Waals surface area contributed by atoms with Crippen LogP contribution >= 0.6 is 0 Å². The summed E-state index contributed by atoms with van der Waals surface area (Å²) in [6, 6.07) is 13.2. The van der Waals surface area contributed by atoms with Gasteiger partial charge in [-0.25, -0.2) is 4.39 Å². The van der Waals surface area contributed by atoms with E-state index < -0.39 is 0 Å². The van der Waals surface area contributed by atoms with Gasteiger partial charge in [-0.15, -0.1) is 0 Å². The number of pyridine rings is 1. The number of ether oxygens (including phenoxy) is 1. The molecule has 29 heavy (non-hydrogen) atoms. The Kier molecular flexibility index (Phi) is 5.86. The number of carbonyl (C=O) groups is 1. The monoisotopic (exact) mass is 395 g/mol. The molecule has 0 bridgehead atoms. The van der Waals surface area contributed by atoms with Gasteiger partial charge in [0.05, 0.1) is 0 Å². The number of amides is 1. The fourth-order valence-electron chi connectivity index (χ4n) is 3.27. The quantitative estimate of drug-likeness (QED) is 0.641. The van der Waals surface area contributed by atoms with E-state index >= 15 is 0 Å². The summed E-state index contributed by atoms with van der Waals surface area (Å²) in [5.41, 5.74) is 1.22. The normalized spacial score (nSPS) is 14.7. The zero-order valence-corrected chi connectivity index (χ0v) is 16.0. The minimum atomic E-state index is -0.316. The number of hydrogen-bond acceptors (Lipinski definition) is 5. The van der Waals surface area contributed by atoms with Crippen molar-refractivity contribution in [2.45, 2.75) is 13.2 Å². The summed E-state index contributed by atoms with van der Waals surface area (Å²) in [4.78, 5) is 20.9. The summed E-state index contributed by atoms with van der Waals surface area (Å²) in [5.74, 6) is 0.978. The number of halogens is 1. The van der Waals surface area contributed by atoms with Gasteiger partial charge in [-0.3, -0.25) is 14.7 Å². The standard InChI is InChI=1S/C22H22FN3O3/c23-18-1-3-19(4-2-18)28-16-20-5-6-21(29-20)22(27)26-13-11-25(12-14-26)15-17-7-9-24-10-8-17/h1-10H,11-16H2. The third-order valence-corrected chi connectivity index (χ3v) is 4.88. The molecule has 0 N–H and O–H groups in total. The Bertz CT molecular complexity index is 935. The second-order valence-corrected chi connectivity index (χ2v) is 6.93. The van der Waals surface area contributed by atoms with Crippen molar-refractivity contribution in [3.63, 3.8) is 0 Å². The third-order valence-electron chi connectivity index (χ3n) is 4.88. The zero-order chi connectivity index (χ0) is 20.1. The van der Waals surface area contributed by atoms with Gasteiger partial charge in [0.25, 0.3) is 5.91 Å². The molecule has 150 valence electrons. The van der Waals surface area contributed by atoms with E-state index in [1.807, 2.05) is 17.0 Å². The molecule has 0 saturated carbocycles. The van der Waals surface area contributed by atoms with Gasteiger partial charge in [0.15, 0.2) is 5.76 Å². The van der Waals surface area contributed by atoms with E-state index in [2.05, 4.69) is 9.88 Å². The largest absolute Gasteiger partial charge is 0.486 e. The molecule has 0 spiro atoms. The molecule has 1 aromatic carbocycles. The van der Waals surface area contributed by atoms with E-state index in [4.69, 9.17) is 9.15 Å². The van der Waals surface area contributed by atoms with Crippen LogP contribution in [0.4, 0.5) is 4.39 Å². The Hall–Kier alpha value is -3.19. The fraction of sp³-hybridized carbons (Fsp3) is 0.273. The van der Waals surface area contributed by atoms with Crippen LogP contribution in [0.1, 0.15) is 21.9 Å². The molecule has 0 aliphatic carbocycles. The molecule has 3 aromatic rings. The molecule has 0 unspecified atom stereocenters. The van der Waals surface area contributed by atoms with Gasteiger partial charge in [-0.1, -0.05) is 0 Å². The molecular formula is C22H22FN3O3. The first-order valence-electron chi connectivity index (χ1n) is 9.55. The van der Waals surface area contributed by atoms with Crippen molar-refractivity contribution < 1.29 is 18.3 Å². The van der Waals surface area contributed by atoms with Gasteiger partial charge in [0.1, 0.15) is 23.9 Å². The van der Waals surface area contributed by atoms with Crippen molar-refractivity contribution in [3.05, 3.63) is 83.8 Å². The van der Waals surface area contributed by atoms with Gasteiger partial charge in [0.2, 0.25) is 0 Å². The highest BCUT2D eigenvalue weighted by Gasteiger charge is 2.24. The first-order valence-corrected chi connectivity index (χ1v) is 9.55. The lowest BCUT2D eigenvalue weighted by Gasteiger charge is -2.34. The highest BCUT2D eigenvalue weighted by atomic mass is 19.1. The van der Waals surface area contributed by atoms with E-state index in [1.165, 1.54) is 17.7 Å². The maximum absolute atomic E-state index is 12.9. The molecule has 1 amide bonds. The van der Waals surface area contributed by atoms with Crippen LogP contribution in [-0.2, 0) is 13.2 Å². The molecule has 2 aromatic heterocycles.